The number of halogens is 1. The standard InChI is InChI=1S/C14H26N2O.ClH/c1-12-11-15-8-9-16(12)14(17)10-13-6-4-2-3-5-7-13;/h12-13,15H,2-11H2,1H3;1H. The molecule has 1 saturated heterocycles. The largest absolute Gasteiger partial charge is 0.337 e. The first kappa shape index (κ1) is 15.8. The van der Waals surface area contributed by atoms with Crippen LogP contribution in [-0.2, 0) is 4.79 Å². The Kier molecular flexibility index (Phi) is 7.02. The van der Waals surface area contributed by atoms with Crippen molar-refractivity contribution >= 4 is 18.3 Å². The lowest BCUT2D eigenvalue weighted by Crippen LogP contribution is -2.52. The molecule has 2 fully saturated rings. The first-order valence-corrected chi connectivity index (χ1v) is 7.27. The Hall–Kier alpha value is -0.280. The summed E-state index contributed by atoms with van der Waals surface area (Å²) in [6.45, 7) is 4.96. The normalized spacial score (nSPS) is 26.3. The minimum absolute atomic E-state index is 0. The van der Waals surface area contributed by atoms with Gasteiger partial charge in [0.15, 0.2) is 0 Å². The van der Waals surface area contributed by atoms with Crippen LogP contribution in [-0.4, -0.2) is 36.5 Å². The van der Waals surface area contributed by atoms with Crippen molar-refractivity contribution < 1.29 is 4.79 Å². The van der Waals surface area contributed by atoms with Crippen molar-refractivity contribution in [1.82, 2.24) is 10.2 Å². The topological polar surface area (TPSA) is 32.3 Å². The highest BCUT2D eigenvalue weighted by molar-refractivity contribution is 5.85. The lowest BCUT2D eigenvalue weighted by atomic mass is 9.95. The Balaban J connectivity index is 0.00000162. The average Bonchev–Trinajstić information content (AvgIpc) is 2.58. The highest BCUT2D eigenvalue weighted by Gasteiger charge is 2.25. The van der Waals surface area contributed by atoms with Gasteiger partial charge in [0.05, 0.1) is 0 Å². The molecule has 1 unspecified atom stereocenters. The fourth-order valence-electron chi connectivity index (χ4n) is 3.14. The lowest BCUT2D eigenvalue weighted by Gasteiger charge is -2.35. The predicted molar refractivity (Wildman–Crippen MR) is 77.1 cm³/mol. The Morgan fingerprint density at radius 2 is 1.89 bits per heavy atom. The van der Waals surface area contributed by atoms with E-state index in [1.54, 1.807) is 0 Å². The zero-order chi connectivity index (χ0) is 12.1. The Bertz CT molecular complexity index is 252. The average molecular weight is 275 g/mol. The molecule has 0 aromatic rings. The van der Waals surface area contributed by atoms with Gasteiger partial charge in [-0.3, -0.25) is 4.79 Å². The third-order valence-corrected chi connectivity index (χ3v) is 4.26. The molecule has 1 amide bonds. The summed E-state index contributed by atoms with van der Waals surface area (Å²) in [6.07, 6.45) is 8.73. The number of nitrogens with one attached hydrogen (secondary N) is 1. The molecule has 0 spiro atoms. The Morgan fingerprint density at radius 3 is 2.50 bits per heavy atom. The second-order valence-corrected chi connectivity index (χ2v) is 5.70. The van der Waals surface area contributed by atoms with Crippen LogP contribution in [0.25, 0.3) is 0 Å². The molecule has 0 bridgehead atoms. The summed E-state index contributed by atoms with van der Waals surface area (Å²) in [5.74, 6) is 1.05. The minimum Gasteiger partial charge on any atom is -0.337 e. The Labute approximate surface area is 117 Å². The van der Waals surface area contributed by atoms with Crippen LogP contribution in [0.1, 0.15) is 51.9 Å². The van der Waals surface area contributed by atoms with E-state index in [0.29, 0.717) is 17.9 Å². The fraction of sp³-hybridized carbons (Fsp3) is 0.929. The molecular weight excluding hydrogens is 248 g/mol. The van der Waals surface area contributed by atoms with E-state index >= 15 is 0 Å². The van der Waals surface area contributed by atoms with Crippen LogP contribution >= 0.6 is 12.4 Å². The SMILES string of the molecule is CC1CNCCN1C(=O)CC1CCCCCC1.Cl. The van der Waals surface area contributed by atoms with Crippen molar-refractivity contribution in [1.29, 1.82) is 0 Å². The van der Waals surface area contributed by atoms with Crippen molar-refractivity contribution in [2.24, 2.45) is 5.92 Å². The third-order valence-electron chi connectivity index (χ3n) is 4.26. The molecule has 4 heteroatoms. The number of hydrogen-bond acceptors (Lipinski definition) is 2. The van der Waals surface area contributed by atoms with E-state index in [4.69, 9.17) is 0 Å². The number of amides is 1. The van der Waals surface area contributed by atoms with E-state index < -0.39 is 0 Å². The van der Waals surface area contributed by atoms with Gasteiger partial charge in [-0.15, -0.1) is 12.4 Å². The summed E-state index contributed by atoms with van der Waals surface area (Å²) in [5, 5.41) is 3.34. The van der Waals surface area contributed by atoms with Gasteiger partial charge >= 0.3 is 0 Å². The van der Waals surface area contributed by atoms with E-state index in [0.717, 1.165) is 26.1 Å². The second kappa shape index (κ2) is 8.00. The van der Waals surface area contributed by atoms with Crippen LogP contribution in [0, 0.1) is 5.92 Å². The second-order valence-electron chi connectivity index (χ2n) is 5.70. The van der Waals surface area contributed by atoms with Gasteiger partial charge in [-0.1, -0.05) is 25.7 Å². The van der Waals surface area contributed by atoms with Gasteiger partial charge in [0.25, 0.3) is 0 Å². The maximum Gasteiger partial charge on any atom is 0.223 e. The van der Waals surface area contributed by atoms with Gasteiger partial charge in [0.1, 0.15) is 0 Å². The molecule has 0 aromatic carbocycles. The van der Waals surface area contributed by atoms with Gasteiger partial charge in [0.2, 0.25) is 5.91 Å². The molecule has 0 radical (unpaired) electrons. The molecule has 1 aliphatic carbocycles. The van der Waals surface area contributed by atoms with Crippen LogP contribution in [0.3, 0.4) is 0 Å². The van der Waals surface area contributed by atoms with Gasteiger partial charge in [-0.2, -0.15) is 0 Å². The fourth-order valence-corrected chi connectivity index (χ4v) is 3.14. The van der Waals surface area contributed by atoms with Crippen molar-refractivity contribution in [3.8, 4) is 0 Å². The lowest BCUT2D eigenvalue weighted by molar-refractivity contribution is -0.135. The van der Waals surface area contributed by atoms with Gasteiger partial charge < -0.3 is 10.2 Å². The predicted octanol–water partition coefficient (Wildman–Crippen LogP) is 2.59. The third kappa shape index (κ3) is 4.43. The zero-order valence-corrected chi connectivity index (χ0v) is 12.3. The van der Waals surface area contributed by atoms with E-state index in [9.17, 15) is 4.79 Å². The summed E-state index contributed by atoms with van der Waals surface area (Å²) in [5.41, 5.74) is 0. The molecule has 18 heavy (non-hydrogen) atoms. The number of carbonyl (C=O) groups is 1. The van der Waals surface area contributed by atoms with Crippen LogP contribution < -0.4 is 5.32 Å². The molecule has 1 N–H and O–H groups in total. The van der Waals surface area contributed by atoms with E-state index in [2.05, 4.69) is 17.1 Å². The molecule has 2 aliphatic rings. The first-order valence-electron chi connectivity index (χ1n) is 7.27. The number of piperazine rings is 1. The molecule has 1 heterocycles. The smallest absolute Gasteiger partial charge is 0.223 e. The minimum atomic E-state index is 0. The molecule has 106 valence electrons. The summed E-state index contributed by atoms with van der Waals surface area (Å²) in [4.78, 5) is 14.4. The van der Waals surface area contributed by atoms with E-state index in [-0.39, 0.29) is 12.4 Å². The molecule has 3 nitrogen and oxygen atoms in total. The van der Waals surface area contributed by atoms with Gasteiger partial charge in [0, 0.05) is 32.1 Å². The number of hydrogen-bond donors (Lipinski definition) is 1. The number of rotatable bonds is 2. The quantitative estimate of drug-likeness (QED) is 0.785. The zero-order valence-electron chi connectivity index (χ0n) is 11.5. The van der Waals surface area contributed by atoms with Crippen molar-refractivity contribution in [2.45, 2.75) is 57.9 Å². The molecule has 0 aromatic heterocycles. The van der Waals surface area contributed by atoms with Gasteiger partial charge in [-0.05, 0) is 25.7 Å². The van der Waals surface area contributed by atoms with E-state index in [1.807, 2.05) is 0 Å². The highest BCUT2D eigenvalue weighted by Crippen LogP contribution is 2.26. The summed E-state index contributed by atoms with van der Waals surface area (Å²) in [6, 6.07) is 0.377. The molecule has 2 rings (SSSR count). The van der Waals surface area contributed by atoms with E-state index in [1.165, 1.54) is 38.5 Å². The molecular formula is C14H27ClN2O. The van der Waals surface area contributed by atoms with Gasteiger partial charge in [-0.25, -0.2) is 0 Å². The maximum absolute atomic E-state index is 12.3. The maximum atomic E-state index is 12.3. The molecule has 1 atom stereocenters. The summed E-state index contributed by atoms with van der Waals surface area (Å²) < 4.78 is 0. The van der Waals surface area contributed by atoms with Crippen molar-refractivity contribution in [3.05, 3.63) is 0 Å². The van der Waals surface area contributed by atoms with Crippen LogP contribution in [0.4, 0.5) is 0 Å². The monoisotopic (exact) mass is 274 g/mol. The van der Waals surface area contributed by atoms with Crippen LogP contribution in [0.5, 0.6) is 0 Å². The first-order chi connectivity index (χ1) is 8.27. The van der Waals surface area contributed by atoms with Crippen molar-refractivity contribution in [3.63, 3.8) is 0 Å². The Morgan fingerprint density at radius 1 is 1.22 bits per heavy atom. The number of nitrogens with zero attached hydrogens (tertiary/aromatic N) is 1. The highest BCUT2D eigenvalue weighted by atomic mass is 35.5. The van der Waals surface area contributed by atoms with Crippen LogP contribution in [0.15, 0.2) is 0 Å². The van der Waals surface area contributed by atoms with Crippen LogP contribution in [0.2, 0.25) is 0 Å². The van der Waals surface area contributed by atoms with Crippen molar-refractivity contribution in [2.75, 3.05) is 19.6 Å². The number of carbonyl (C=O) groups excluding carboxylic acids is 1. The molecule has 1 saturated carbocycles. The summed E-state index contributed by atoms with van der Waals surface area (Å²) in [7, 11) is 0. The summed E-state index contributed by atoms with van der Waals surface area (Å²) >= 11 is 0. The molecule has 1 aliphatic heterocycles.